The highest BCUT2D eigenvalue weighted by Crippen LogP contribution is 2.35. The molecule has 0 saturated carbocycles. The van der Waals surface area contributed by atoms with Crippen LogP contribution in [0, 0.1) is 0 Å². The molecule has 0 spiro atoms. The lowest BCUT2D eigenvalue weighted by molar-refractivity contribution is -0.131. The topological polar surface area (TPSA) is 104 Å². The van der Waals surface area contributed by atoms with E-state index in [4.69, 9.17) is 18.6 Å². The van der Waals surface area contributed by atoms with E-state index in [-0.39, 0.29) is 22.1 Å². The van der Waals surface area contributed by atoms with Crippen LogP contribution in [0.25, 0.3) is 28.3 Å². The van der Waals surface area contributed by atoms with Gasteiger partial charge < -0.3 is 23.7 Å². The number of rotatable bonds is 9. The van der Waals surface area contributed by atoms with E-state index in [9.17, 15) is 9.90 Å². The molecule has 0 amide bonds. The fraction of sp³-hybridized carbons (Fsp3) is 0.192. The zero-order valence-electron chi connectivity index (χ0n) is 19.6. The van der Waals surface area contributed by atoms with Crippen molar-refractivity contribution in [3.63, 3.8) is 0 Å². The van der Waals surface area contributed by atoms with Crippen LogP contribution in [-0.4, -0.2) is 41.6 Å². The van der Waals surface area contributed by atoms with Crippen LogP contribution in [0.1, 0.15) is 19.4 Å². The first-order valence-electron chi connectivity index (χ1n) is 10.8. The quantitative estimate of drug-likeness (QED) is 0.225. The maximum absolute atomic E-state index is 12.1. The van der Waals surface area contributed by atoms with Crippen molar-refractivity contribution in [2.24, 2.45) is 0 Å². The molecule has 0 radical (unpaired) electrons. The van der Waals surface area contributed by atoms with Crippen molar-refractivity contribution >= 4 is 34.6 Å². The Morgan fingerprint density at radius 3 is 2.31 bits per heavy atom. The lowest BCUT2D eigenvalue weighted by Gasteiger charge is -2.14. The van der Waals surface area contributed by atoms with Gasteiger partial charge in [0.25, 0.3) is 5.22 Å². The van der Waals surface area contributed by atoms with Crippen molar-refractivity contribution in [3.8, 4) is 28.7 Å². The van der Waals surface area contributed by atoms with Gasteiger partial charge in [-0.2, -0.15) is 0 Å². The molecule has 0 aliphatic rings. The summed E-state index contributed by atoms with van der Waals surface area (Å²) >= 11 is 0.878. The molecule has 35 heavy (non-hydrogen) atoms. The summed E-state index contributed by atoms with van der Waals surface area (Å²) in [5.74, 6) is 0.983. The van der Waals surface area contributed by atoms with Gasteiger partial charge in [0.2, 0.25) is 5.89 Å². The molecule has 0 aliphatic carbocycles. The van der Waals surface area contributed by atoms with E-state index in [2.05, 4.69) is 10.2 Å². The molecule has 0 aliphatic heterocycles. The Kier molecular flexibility index (Phi) is 7.26. The van der Waals surface area contributed by atoms with Gasteiger partial charge in [0, 0.05) is 17.0 Å². The lowest BCUT2D eigenvalue weighted by Crippen LogP contribution is -2.06. The van der Waals surface area contributed by atoms with Crippen molar-refractivity contribution in [3.05, 3.63) is 65.1 Å². The van der Waals surface area contributed by atoms with Crippen molar-refractivity contribution in [1.29, 1.82) is 0 Å². The number of hydrogen-bond acceptors (Lipinski definition) is 8. The van der Waals surface area contributed by atoms with Crippen molar-refractivity contribution in [2.45, 2.75) is 25.2 Å². The summed E-state index contributed by atoms with van der Waals surface area (Å²) in [6, 6.07) is 16.6. The number of thioether (sulfide) groups is 1. The van der Waals surface area contributed by atoms with Crippen molar-refractivity contribution in [1.82, 2.24) is 10.2 Å². The molecule has 1 aromatic heterocycles. The summed E-state index contributed by atoms with van der Waals surface area (Å²) in [4.78, 5) is 12.1. The molecule has 9 heteroatoms. The number of aliphatic carboxylic acids is 1. The normalized spacial score (nSPS) is 11.6. The highest BCUT2D eigenvalue weighted by atomic mass is 32.2. The standard InChI is InChI=1S/C26H24N2O6S/c1-15(2)33-22-10-9-16(20-7-5-6-8-21(20)22)13-23(25(29)30)35-26-28-27-24(34-26)17-11-18(31-3)14-19(12-17)32-4/h5-15H,1-4H3,(H,29,30)/b23-13-. The SMILES string of the molecule is COc1cc(OC)cc(-c2nnc(S/C(=C\c3ccc(OC(C)C)c4ccccc34)C(=O)O)o2)c1. The molecular formula is C26H24N2O6S. The summed E-state index contributed by atoms with van der Waals surface area (Å²) in [6.07, 6.45) is 1.61. The molecule has 0 fully saturated rings. The first-order valence-corrected chi connectivity index (χ1v) is 11.6. The van der Waals surface area contributed by atoms with E-state index in [1.54, 1.807) is 38.5 Å². The Labute approximate surface area is 206 Å². The van der Waals surface area contributed by atoms with Crippen LogP contribution >= 0.6 is 11.8 Å². The minimum Gasteiger partial charge on any atom is -0.497 e. The Morgan fingerprint density at radius 2 is 1.69 bits per heavy atom. The number of methoxy groups -OCH3 is 2. The second-order valence-corrected chi connectivity index (χ2v) is 8.75. The number of carbonyl (C=O) groups is 1. The number of aromatic nitrogens is 2. The van der Waals surface area contributed by atoms with Crippen molar-refractivity contribution < 1.29 is 28.5 Å². The van der Waals surface area contributed by atoms with Crippen LogP contribution in [0.3, 0.4) is 0 Å². The van der Waals surface area contributed by atoms with Gasteiger partial charge >= 0.3 is 5.97 Å². The molecule has 0 unspecified atom stereocenters. The van der Waals surface area contributed by atoms with Gasteiger partial charge in [0.1, 0.15) is 22.2 Å². The minimum absolute atomic E-state index is 0.0150. The third kappa shape index (κ3) is 5.58. The molecule has 0 bridgehead atoms. The summed E-state index contributed by atoms with van der Waals surface area (Å²) in [5, 5.41) is 19.8. The molecule has 4 rings (SSSR count). The molecule has 180 valence electrons. The fourth-order valence-electron chi connectivity index (χ4n) is 3.45. The Hall–Kier alpha value is -3.98. The highest BCUT2D eigenvalue weighted by Gasteiger charge is 2.18. The highest BCUT2D eigenvalue weighted by molar-refractivity contribution is 8.03. The van der Waals surface area contributed by atoms with Gasteiger partial charge in [0.05, 0.1) is 20.3 Å². The van der Waals surface area contributed by atoms with Crippen LogP contribution in [0.2, 0.25) is 0 Å². The Morgan fingerprint density at radius 1 is 1.00 bits per heavy atom. The first kappa shape index (κ1) is 24.2. The largest absolute Gasteiger partial charge is 0.497 e. The lowest BCUT2D eigenvalue weighted by atomic mass is 10.0. The maximum atomic E-state index is 12.1. The van der Waals surface area contributed by atoms with Gasteiger partial charge in [-0.3, -0.25) is 0 Å². The van der Waals surface area contributed by atoms with Gasteiger partial charge in [-0.1, -0.05) is 30.3 Å². The number of nitrogens with zero attached hydrogens (tertiary/aromatic N) is 2. The van der Waals surface area contributed by atoms with E-state index in [1.807, 2.05) is 50.2 Å². The number of fused-ring (bicyclic) bond motifs is 1. The van der Waals surface area contributed by atoms with Crippen LogP contribution < -0.4 is 14.2 Å². The molecule has 0 atom stereocenters. The molecular weight excluding hydrogens is 468 g/mol. The smallest absolute Gasteiger partial charge is 0.342 e. The number of carboxylic acid groups (broad SMARTS) is 1. The first-order chi connectivity index (χ1) is 16.9. The number of carboxylic acids is 1. The summed E-state index contributed by atoms with van der Waals surface area (Å²) < 4.78 is 22.2. The van der Waals surface area contributed by atoms with Gasteiger partial charge in [-0.05, 0) is 60.8 Å². The predicted molar refractivity (Wildman–Crippen MR) is 134 cm³/mol. The second-order valence-electron chi connectivity index (χ2n) is 7.76. The number of hydrogen-bond donors (Lipinski definition) is 1. The summed E-state index contributed by atoms with van der Waals surface area (Å²) in [6.45, 7) is 3.92. The molecule has 3 aromatic carbocycles. The molecule has 0 saturated heterocycles. The zero-order valence-corrected chi connectivity index (χ0v) is 20.5. The van der Waals surface area contributed by atoms with Gasteiger partial charge in [0.15, 0.2) is 0 Å². The van der Waals surface area contributed by atoms with Crippen molar-refractivity contribution in [2.75, 3.05) is 14.2 Å². The molecule has 1 heterocycles. The minimum atomic E-state index is -1.11. The van der Waals surface area contributed by atoms with E-state index in [0.717, 1.165) is 33.8 Å². The van der Waals surface area contributed by atoms with E-state index in [1.165, 1.54) is 0 Å². The average Bonchev–Trinajstić information content (AvgIpc) is 3.33. The van der Waals surface area contributed by atoms with E-state index in [0.29, 0.717) is 17.1 Å². The van der Waals surface area contributed by atoms with Crippen LogP contribution in [0.15, 0.2) is 69.1 Å². The van der Waals surface area contributed by atoms with Crippen LogP contribution in [0.5, 0.6) is 17.2 Å². The van der Waals surface area contributed by atoms with Gasteiger partial charge in [-0.15, -0.1) is 10.2 Å². The maximum Gasteiger partial charge on any atom is 0.342 e. The zero-order chi connectivity index (χ0) is 24.9. The van der Waals surface area contributed by atoms with Gasteiger partial charge in [-0.25, -0.2) is 4.79 Å². The molecule has 1 N–H and O–H groups in total. The monoisotopic (exact) mass is 492 g/mol. The van der Waals surface area contributed by atoms with Crippen LogP contribution in [-0.2, 0) is 4.79 Å². The Balaban J connectivity index is 1.67. The number of ether oxygens (including phenoxy) is 3. The summed E-state index contributed by atoms with van der Waals surface area (Å²) in [7, 11) is 3.09. The second kappa shape index (κ2) is 10.5. The number of benzene rings is 3. The van der Waals surface area contributed by atoms with E-state index < -0.39 is 5.97 Å². The van der Waals surface area contributed by atoms with E-state index >= 15 is 0 Å². The summed E-state index contributed by atoms with van der Waals surface area (Å²) in [5.41, 5.74) is 1.33. The predicted octanol–water partition coefficient (Wildman–Crippen LogP) is 5.91. The fourth-order valence-corrected chi connectivity index (χ4v) is 4.11. The average molecular weight is 493 g/mol. The third-order valence-corrected chi connectivity index (χ3v) is 5.83. The Bertz CT molecular complexity index is 1370. The third-order valence-electron chi connectivity index (χ3n) is 4.98. The molecule has 8 nitrogen and oxygen atoms in total. The molecule has 4 aromatic rings. The van der Waals surface area contributed by atoms with Crippen LogP contribution in [0.4, 0.5) is 0 Å².